The lowest BCUT2D eigenvalue weighted by molar-refractivity contribution is 0.00578. The minimum Gasteiger partial charge on any atom is -0.399 e. The first-order valence-electron chi connectivity index (χ1n) is 6.74. The first kappa shape index (κ1) is 13.8. The molecule has 1 fully saturated rings. The van der Waals surface area contributed by atoms with Gasteiger partial charge in [-0.15, -0.1) is 11.3 Å². The van der Waals surface area contributed by atoms with E-state index < -0.39 is 0 Å². The van der Waals surface area contributed by atoms with Gasteiger partial charge in [-0.3, -0.25) is 4.98 Å². The molecule has 3 rings (SSSR count). The molecule has 0 saturated carbocycles. The van der Waals surface area contributed by atoms with Crippen LogP contribution in [0, 0.1) is 0 Å². The summed E-state index contributed by atoms with van der Waals surface area (Å²) >= 11 is 1.69. The second-order valence-electron chi connectivity index (χ2n) is 6.04. The smallest absolute Gasteiger partial charge is 0.399 e. The van der Waals surface area contributed by atoms with Crippen molar-refractivity contribution >= 4 is 23.9 Å². The lowest BCUT2D eigenvalue weighted by atomic mass is 9.80. The molecule has 0 amide bonds. The van der Waals surface area contributed by atoms with Crippen LogP contribution in [0.5, 0.6) is 0 Å². The maximum atomic E-state index is 6.02. The lowest BCUT2D eigenvalue weighted by Crippen LogP contribution is -2.41. The van der Waals surface area contributed by atoms with Crippen molar-refractivity contribution in [3.8, 4) is 10.6 Å². The maximum absolute atomic E-state index is 6.02. The molecule has 3 heterocycles. The number of aromatic nitrogens is 1. The van der Waals surface area contributed by atoms with E-state index in [1.807, 2.05) is 24.4 Å². The maximum Gasteiger partial charge on any atom is 0.496 e. The van der Waals surface area contributed by atoms with Gasteiger partial charge in [-0.1, -0.05) is 12.1 Å². The van der Waals surface area contributed by atoms with Gasteiger partial charge in [-0.25, -0.2) is 0 Å². The van der Waals surface area contributed by atoms with Crippen LogP contribution in [-0.4, -0.2) is 23.3 Å². The highest BCUT2D eigenvalue weighted by Crippen LogP contribution is 2.36. The van der Waals surface area contributed by atoms with E-state index in [1.165, 1.54) is 4.88 Å². The molecule has 0 unspecified atom stereocenters. The molecule has 0 atom stereocenters. The van der Waals surface area contributed by atoms with Crippen molar-refractivity contribution in [1.82, 2.24) is 4.98 Å². The molecule has 1 aliphatic rings. The van der Waals surface area contributed by atoms with Gasteiger partial charge in [0.2, 0.25) is 0 Å². The SMILES string of the molecule is CC1(C)OB(c2ccc(-c3cccs3)nc2)OC1(C)C. The molecule has 5 heteroatoms. The molecular weight excluding hydrogens is 269 g/mol. The Morgan fingerprint density at radius 3 is 2.25 bits per heavy atom. The van der Waals surface area contributed by atoms with E-state index in [4.69, 9.17) is 9.31 Å². The van der Waals surface area contributed by atoms with Gasteiger partial charge in [0.25, 0.3) is 0 Å². The number of hydrogen-bond acceptors (Lipinski definition) is 4. The quantitative estimate of drug-likeness (QED) is 0.795. The molecule has 1 saturated heterocycles. The molecule has 3 nitrogen and oxygen atoms in total. The van der Waals surface area contributed by atoms with E-state index in [-0.39, 0.29) is 18.3 Å². The minimum absolute atomic E-state index is 0.315. The van der Waals surface area contributed by atoms with E-state index in [0.717, 1.165) is 11.2 Å². The number of thiophene rings is 1. The Balaban J connectivity index is 1.83. The third-order valence-corrected chi connectivity index (χ3v) is 4.98. The number of rotatable bonds is 2. The van der Waals surface area contributed by atoms with Crippen molar-refractivity contribution in [2.24, 2.45) is 0 Å². The van der Waals surface area contributed by atoms with Gasteiger partial charge in [-0.05, 0) is 45.2 Å². The zero-order valence-electron chi connectivity index (χ0n) is 12.2. The van der Waals surface area contributed by atoms with Crippen molar-refractivity contribution in [2.45, 2.75) is 38.9 Å². The molecule has 0 radical (unpaired) electrons. The Labute approximate surface area is 124 Å². The van der Waals surface area contributed by atoms with Crippen molar-refractivity contribution in [3.05, 3.63) is 35.8 Å². The molecule has 1 aliphatic heterocycles. The molecular formula is C15H18BNO2S. The molecule has 104 valence electrons. The van der Waals surface area contributed by atoms with Crippen molar-refractivity contribution < 1.29 is 9.31 Å². The molecule has 2 aromatic heterocycles. The highest BCUT2D eigenvalue weighted by atomic mass is 32.1. The zero-order valence-corrected chi connectivity index (χ0v) is 13.0. The summed E-state index contributed by atoms with van der Waals surface area (Å²) in [7, 11) is -0.343. The fourth-order valence-corrected chi connectivity index (χ4v) is 2.80. The number of pyridine rings is 1. The standard InChI is InChI=1S/C15H18BNO2S/c1-14(2)15(3,4)19-16(18-14)11-7-8-12(17-10-11)13-6-5-9-20-13/h5-10H,1-4H3. The van der Waals surface area contributed by atoms with Gasteiger partial charge in [0.15, 0.2) is 0 Å². The summed E-state index contributed by atoms with van der Waals surface area (Å²) in [6.07, 6.45) is 1.84. The van der Waals surface area contributed by atoms with Gasteiger partial charge in [0.05, 0.1) is 21.8 Å². The summed E-state index contributed by atoms with van der Waals surface area (Å²) in [5, 5.41) is 2.05. The van der Waals surface area contributed by atoms with Crippen molar-refractivity contribution in [3.63, 3.8) is 0 Å². The zero-order chi connectivity index (χ0) is 14.4. The average Bonchev–Trinajstić information content (AvgIpc) is 2.97. The van der Waals surface area contributed by atoms with Crippen LogP contribution in [0.3, 0.4) is 0 Å². The van der Waals surface area contributed by atoms with Crippen LogP contribution in [0.15, 0.2) is 35.8 Å². The van der Waals surface area contributed by atoms with Gasteiger partial charge < -0.3 is 9.31 Å². The molecule has 0 spiro atoms. The first-order chi connectivity index (χ1) is 9.39. The van der Waals surface area contributed by atoms with Crippen molar-refractivity contribution in [1.29, 1.82) is 0 Å². The highest BCUT2D eigenvalue weighted by molar-refractivity contribution is 7.13. The molecule has 0 bridgehead atoms. The fraction of sp³-hybridized carbons (Fsp3) is 0.400. The van der Waals surface area contributed by atoms with Gasteiger partial charge in [0, 0.05) is 11.7 Å². The van der Waals surface area contributed by atoms with E-state index in [0.29, 0.717) is 0 Å². The van der Waals surface area contributed by atoms with E-state index in [2.05, 4.69) is 44.1 Å². The largest absolute Gasteiger partial charge is 0.496 e. The van der Waals surface area contributed by atoms with Gasteiger partial charge in [0.1, 0.15) is 0 Å². The second-order valence-corrected chi connectivity index (χ2v) is 6.99. The number of nitrogens with zero attached hydrogens (tertiary/aromatic N) is 1. The van der Waals surface area contributed by atoms with Gasteiger partial charge in [-0.2, -0.15) is 0 Å². The summed E-state index contributed by atoms with van der Waals surface area (Å²) in [6, 6.07) is 8.15. The number of hydrogen-bond donors (Lipinski definition) is 0. The van der Waals surface area contributed by atoms with E-state index in [9.17, 15) is 0 Å². The van der Waals surface area contributed by atoms with Gasteiger partial charge >= 0.3 is 7.12 Å². The van der Waals surface area contributed by atoms with Crippen LogP contribution in [0.4, 0.5) is 0 Å². The van der Waals surface area contributed by atoms with E-state index in [1.54, 1.807) is 11.3 Å². The first-order valence-corrected chi connectivity index (χ1v) is 7.62. The van der Waals surface area contributed by atoms with E-state index >= 15 is 0 Å². The Kier molecular flexibility index (Phi) is 3.24. The van der Waals surface area contributed by atoms with Crippen LogP contribution in [0.25, 0.3) is 10.6 Å². The molecule has 0 aliphatic carbocycles. The Bertz CT molecular complexity index is 577. The summed E-state index contributed by atoms with van der Waals surface area (Å²) in [5.41, 5.74) is 1.32. The summed E-state index contributed by atoms with van der Waals surface area (Å²) in [6.45, 7) is 8.22. The third-order valence-electron chi connectivity index (χ3n) is 4.09. The summed E-state index contributed by atoms with van der Waals surface area (Å²) in [5.74, 6) is 0. The predicted octanol–water partition coefficient (Wildman–Crippen LogP) is 3.11. The van der Waals surface area contributed by atoms with Crippen LogP contribution in [0.2, 0.25) is 0 Å². The minimum atomic E-state index is -0.343. The average molecular weight is 287 g/mol. The normalized spacial score (nSPS) is 20.3. The molecule has 0 aromatic carbocycles. The fourth-order valence-electron chi connectivity index (χ4n) is 2.09. The molecule has 20 heavy (non-hydrogen) atoms. The Morgan fingerprint density at radius 1 is 1.05 bits per heavy atom. The Morgan fingerprint density at radius 2 is 1.75 bits per heavy atom. The molecule has 0 N–H and O–H groups in total. The Hall–Kier alpha value is -1.17. The summed E-state index contributed by atoms with van der Waals surface area (Å²) < 4.78 is 12.0. The van der Waals surface area contributed by atoms with Crippen molar-refractivity contribution in [2.75, 3.05) is 0 Å². The van der Waals surface area contributed by atoms with Crippen LogP contribution in [0.1, 0.15) is 27.7 Å². The summed E-state index contributed by atoms with van der Waals surface area (Å²) in [4.78, 5) is 5.68. The second kappa shape index (κ2) is 4.69. The third kappa shape index (κ3) is 2.30. The topological polar surface area (TPSA) is 31.4 Å². The van der Waals surface area contributed by atoms with Crippen LogP contribution < -0.4 is 5.46 Å². The highest BCUT2D eigenvalue weighted by Gasteiger charge is 2.51. The predicted molar refractivity (Wildman–Crippen MR) is 83.3 cm³/mol. The van der Waals surface area contributed by atoms with Crippen LogP contribution >= 0.6 is 11.3 Å². The molecule has 2 aromatic rings. The van der Waals surface area contributed by atoms with Crippen LogP contribution in [-0.2, 0) is 9.31 Å². The lowest BCUT2D eigenvalue weighted by Gasteiger charge is -2.32. The monoisotopic (exact) mass is 287 g/mol.